The van der Waals surface area contributed by atoms with Crippen LogP contribution < -0.4 is 5.32 Å². The van der Waals surface area contributed by atoms with Gasteiger partial charge in [-0.15, -0.1) is 11.6 Å². The van der Waals surface area contributed by atoms with E-state index < -0.39 is 0 Å². The van der Waals surface area contributed by atoms with Crippen molar-refractivity contribution in [1.29, 1.82) is 0 Å². The fraction of sp³-hybridized carbons (Fsp3) is 0.600. The summed E-state index contributed by atoms with van der Waals surface area (Å²) < 4.78 is 0. The normalized spacial score (nSPS) is 13.7. The summed E-state index contributed by atoms with van der Waals surface area (Å²) in [5, 5.41) is 4.40. The molecule has 1 atom stereocenters. The third-order valence-electron chi connectivity index (χ3n) is 3.19. The third kappa shape index (κ3) is 4.79. The number of rotatable bonds is 5. The fourth-order valence-corrected chi connectivity index (χ4v) is 2.50. The summed E-state index contributed by atoms with van der Waals surface area (Å²) in [5.74, 6) is 0.677. The predicted molar refractivity (Wildman–Crippen MR) is 81.6 cm³/mol. The number of alkyl halides is 1. The Kier molecular flexibility index (Phi) is 5.97. The van der Waals surface area contributed by atoms with Crippen LogP contribution in [0.1, 0.15) is 38.3 Å². The van der Waals surface area contributed by atoms with E-state index in [9.17, 15) is 0 Å². The minimum absolute atomic E-state index is 0.200. The largest absolute Gasteiger partial charge is 0.309 e. The van der Waals surface area contributed by atoms with Crippen LogP contribution in [0.2, 0.25) is 5.02 Å². The van der Waals surface area contributed by atoms with Gasteiger partial charge in [-0.25, -0.2) is 0 Å². The SMILES string of the molecule is Cc1ccc(CNC(CCCl)C(C)(C)C)c(Cl)c1. The first-order valence-corrected chi connectivity index (χ1v) is 7.30. The maximum Gasteiger partial charge on any atom is 0.0453 e. The van der Waals surface area contributed by atoms with Crippen molar-refractivity contribution in [2.24, 2.45) is 5.41 Å². The quantitative estimate of drug-likeness (QED) is 0.769. The van der Waals surface area contributed by atoms with Gasteiger partial charge in [-0.2, -0.15) is 0 Å². The molecule has 1 aromatic carbocycles. The first-order valence-electron chi connectivity index (χ1n) is 6.39. The highest BCUT2D eigenvalue weighted by molar-refractivity contribution is 6.31. The van der Waals surface area contributed by atoms with Gasteiger partial charge in [0.25, 0.3) is 0 Å². The lowest BCUT2D eigenvalue weighted by Gasteiger charge is -2.31. The van der Waals surface area contributed by atoms with Crippen molar-refractivity contribution in [3.05, 3.63) is 34.3 Å². The zero-order valence-corrected chi connectivity index (χ0v) is 13.2. The lowest BCUT2D eigenvalue weighted by Crippen LogP contribution is -2.40. The van der Waals surface area contributed by atoms with Crippen molar-refractivity contribution < 1.29 is 0 Å². The number of benzene rings is 1. The van der Waals surface area contributed by atoms with E-state index in [0.29, 0.717) is 11.9 Å². The molecule has 0 spiro atoms. The van der Waals surface area contributed by atoms with E-state index in [2.05, 4.69) is 45.1 Å². The van der Waals surface area contributed by atoms with Gasteiger partial charge >= 0.3 is 0 Å². The maximum absolute atomic E-state index is 6.24. The molecule has 102 valence electrons. The summed E-state index contributed by atoms with van der Waals surface area (Å²) in [4.78, 5) is 0. The molecule has 0 amide bonds. The molecule has 1 nitrogen and oxygen atoms in total. The minimum atomic E-state index is 0.200. The lowest BCUT2D eigenvalue weighted by atomic mass is 9.85. The van der Waals surface area contributed by atoms with Crippen molar-refractivity contribution >= 4 is 23.2 Å². The van der Waals surface area contributed by atoms with Gasteiger partial charge in [0.1, 0.15) is 0 Å². The van der Waals surface area contributed by atoms with Gasteiger partial charge in [0, 0.05) is 23.5 Å². The number of aryl methyl sites for hydroxylation is 1. The van der Waals surface area contributed by atoms with Gasteiger partial charge in [0.2, 0.25) is 0 Å². The maximum atomic E-state index is 6.24. The average molecular weight is 288 g/mol. The molecule has 0 fully saturated rings. The zero-order chi connectivity index (χ0) is 13.8. The van der Waals surface area contributed by atoms with Crippen molar-refractivity contribution in [1.82, 2.24) is 5.32 Å². The Morgan fingerprint density at radius 2 is 1.94 bits per heavy atom. The summed E-state index contributed by atoms with van der Waals surface area (Å²) in [6.07, 6.45) is 0.967. The molecule has 1 unspecified atom stereocenters. The van der Waals surface area contributed by atoms with Crippen LogP contribution in [0.4, 0.5) is 0 Å². The molecule has 0 saturated heterocycles. The minimum Gasteiger partial charge on any atom is -0.309 e. The standard InChI is InChI=1S/C15H23Cl2N/c1-11-5-6-12(13(17)9-11)10-18-14(7-8-16)15(2,3)4/h5-6,9,14,18H,7-8,10H2,1-4H3. The smallest absolute Gasteiger partial charge is 0.0453 e. The molecule has 1 aromatic rings. The van der Waals surface area contributed by atoms with Crippen molar-refractivity contribution in [2.45, 2.75) is 46.7 Å². The van der Waals surface area contributed by atoms with Gasteiger partial charge in [-0.1, -0.05) is 44.5 Å². The van der Waals surface area contributed by atoms with Gasteiger partial charge in [0.05, 0.1) is 0 Å². The second kappa shape index (κ2) is 6.79. The molecule has 1 rings (SSSR count). The van der Waals surface area contributed by atoms with Crippen LogP contribution in [0.15, 0.2) is 18.2 Å². The predicted octanol–water partition coefficient (Wildman–Crippen LogP) is 4.78. The van der Waals surface area contributed by atoms with Gasteiger partial charge in [-0.05, 0) is 36.0 Å². The highest BCUT2D eigenvalue weighted by Crippen LogP contribution is 2.24. The summed E-state index contributed by atoms with van der Waals surface area (Å²) in [6, 6.07) is 6.58. The molecular weight excluding hydrogens is 265 g/mol. The topological polar surface area (TPSA) is 12.0 Å². The Balaban J connectivity index is 2.67. The van der Waals surface area contributed by atoms with Crippen LogP contribution in [0, 0.1) is 12.3 Å². The Bertz CT molecular complexity index is 383. The van der Waals surface area contributed by atoms with Crippen LogP contribution in [0.3, 0.4) is 0 Å². The van der Waals surface area contributed by atoms with Gasteiger partial charge in [-0.3, -0.25) is 0 Å². The highest BCUT2D eigenvalue weighted by Gasteiger charge is 2.23. The molecule has 0 aromatic heterocycles. The molecule has 0 aliphatic rings. The van der Waals surface area contributed by atoms with Gasteiger partial charge < -0.3 is 5.32 Å². The lowest BCUT2D eigenvalue weighted by molar-refractivity contribution is 0.260. The molecule has 0 heterocycles. The summed E-state index contributed by atoms with van der Waals surface area (Å²) in [7, 11) is 0. The Morgan fingerprint density at radius 1 is 1.28 bits per heavy atom. The van der Waals surface area contributed by atoms with Crippen molar-refractivity contribution in [3.8, 4) is 0 Å². The van der Waals surface area contributed by atoms with Gasteiger partial charge in [0.15, 0.2) is 0 Å². The Morgan fingerprint density at radius 3 is 2.44 bits per heavy atom. The molecular formula is C15H23Cl2N. The van der Waals surface area contributed by atoms with E-state index in [-0.39, 0.29) is 5.41 Å². The van der Waals surface area contributed by atoms with Crippen LogP contribution in [0.25, 0.3) is 0 Å². The molecule has 3 heteroatoms. The monoisotopic (exact) mass is 287 g/mol. The van der Waals surface area contributed by atoms with E-state index in [1.54, 1.807) is 0 Å². The van der Waals surface area contributed by atoms with Crippen LogP contribution in [0.5, 0.6) is 0 Å². The number of nitrogens with one attached hydrogen (secondary N) is 1. The first-order chi connectivity index (χ1) is 8.34. The van der Waals surface area contributed by atoms with Crippen molar-refractivity contribution in [3.63, 3.8) is 0 Å². The molecule has 0 aliphatic heterocycles. The number of hydrogen-bond acceptors (Lipinski definition) is 1. The molecule has 0 aliphatic carbocycles. The molecule has 18 heavy (non-hydrogen) atoms. The second-order valence-corrected chi connectivity index (χ2v) is 6.66. The molecule has 0 saturated carbocycles. The summed E-state index contributed by atoms with van der Waals surface area (Å²) in [6.45, 7) is 9.53. The second-order valence-electron chi connectivity index (χ2n) is 5.87. The van der Waals surface area contributed by atoms with E-state index >= 15 is 0 Å². The van der Waals surface area contributed by atoms with E-state index in [0.717, 1.165) is 23.6 Å². The van der Waals surface area contributed by atoms with E-state index in [1.807, 2.05) is 6.07 Å². The fourth-order valence-electron chi connectivity index (χ4n) is 1.98. The average Bonchev–Trinajstić information content (AvgIpc) is 2.24. The molecule has 1 N–H and O–H groups in total. The van der Waals surface area contributed by atoms with E-state index in [1.165, 1.54) is 5.56 Å². The van der Waals surface area contributed by atoms with Crippen LogP contribution in [-0.2, 0) is 6.54 Å². The van der Waals surface area contributed by atoms with Crippen molar-refractivity contribution in [2.75, 3.05) is 5.88 Å². The molecule has 0 radical (unpaired) electrons. The summed E-state index contributed by atoms with van der Waals surface area (Å²) in [5.41, 5.74) is 2.54. The Labute approximate surface area is 121 Å². The number of halogens is 2. The summed E-state index contributed by atoms with van der Waals surface area (Å²) >= 11 is 12.1. The van der Waals surface area contributed by atoms with E-state index in [4.69, 9.17) is 23.2 Å². The highest BCUT2D eigenvalue weighted by atomic mass is 35.5. The van der Waals surface area contributed by atoms with Crippen LogP contribution >= 0.6 is 23.2 Å². The van der Waals surface area contributed by atoms with Crippen LogP contribution in [-0.4, -0.2) is 11.9 Å². The first kappa shape index (κ1) is 15.8. The zero-order valence-electron chi connectivity index (χ0n) is 11.7. The third-order valence-corrected chi connectivity index (χ3v) is 3.76. The molecule has 0 bridgehead atoms. The Hall–Kier alpha value is -0.240. The number of hydrogen-bond donors (Lipinski definition) is 1.